The molecular weight excluding hydrogens is 272 g/mol. The maximum Gasteiger partial charge on any atom is 0.257 e. The normalized spacial score (nSPS) is 25.1. The molecule has 2 amide bonds. The Morgan fingerprint density at radius 3 is 2.86 bits per heavy atom. The lowest BCUT2D eigenvalue weighted by atomic mass is 9.85. The predicted octanol–water partition coefficient (Wildman–Crippen LogP) is 0.839. The summed E-state index contributed by atoms with van der Waals surface area (Å²) >= 11 is 0. The van der Waals surface area contributed by atoms with Crippen molar-refractivity contribution in [1.82, 2.24) is 10.2 Å². The topological polar surface area (TPSA) is 89.9 Å². The molecule has 0 aliphatic carbocycles. The summed E-state index contributed by atoms with van der Waals surface area (Å²) in [7, 11) is 0. The Bertz CT molecular complexity index is 587. The quantitative estimate of drug-likeness (QED) is 0.715. The summed E-state index contributed by atoms with van der Waals surface area (Å²) in [6.07, 6.45) is 2.04. The number of hydrogen-bond acceptors (Lipinski definition) is 4. The van der Waals surface area contributed by atoms with Crippen molar-refractivity contribution >= 4 is 11.8 Å². The summed E-state index contributed by atoms with van der Waals surface area (Å²) in [6, 6.07) is 4.15. The Balaban J connectivity index is 1.73. The zero-order chi connectivity index (χ0) is 15.0. The number of aromatic hydroxyl groups is 2. The first kappa shape index (κ1) is 13.7. The number of amides is 2. The minimum absolute atomic E-state index is 0.0715. The van der Waals surface area contributed by atoms with Gasteiger partial charge in [0.2, 0.25) is 5.91 Å². The van der Waals surface area contributed by atoms with E-state index in [4.69, 9.17) is 0 Å². The number of nitrogens with zero attached hydrogens (tertiary/aromatic N) is 1. The van der Waals surface area contributed by atoms with Crippen molar-refractivity contribution in [3.05, 3.63) is 23.8 Å². The third-order valence-corrected chi connectivity index (χ3v) is 4.32. The predicted molar refractivity (Wildman–Crippen MR) is 74.9 cm³/mol. The first-order chi connectivity index (χ1) is 10.0. The first-order valence-corrected chi connectivity index (χ1v) is 7.15. The number of phenolic OH excluding ortho intramolecular Hbond substituents is 2. The second-order valence-electron chi connectivity index (χ2n) is 5.71. The Morgan fingerprint density at radius 2 is 2.10 bits per heavy atom. The highest BCUT2D eigenvalue weighted by molar-refractivity contribution is 5.97. The molecule has 1 aromatic carbocycles. The van der Waals surface area contributed by atoms with Crippen LogP contribution >= 0.6 is 0 Å². The van der Waals surface area contributed by atoms with Gasteiger partial charge in [-0.2, -0.15) is 0 Å². The maximum absolute atomic E-state index is 12.5. The van der Waals surface area contributed by atoms with Crippen LogP contribution in [0.5, 0.6) is 11.5 Å². The van der Waals surface area contributed by atoms with Crippen molar-refractivity contribution in [2.24, 2.45) is 5.92 Å². The standard InChI is InChI=1S/C15H18N2O4/c18-10-2-3-11(13(19)7-10)15(21)17-6-5-12-9(8-17)1-4-14(20)16-12/h2-3,7,9,12,18-19H,1,4-6,8H2,(H,16,20). The zero-order valence-electron chi connectivity index (χ0n) is 11.6. The van der Waals surface area contributed by atoms with Gasteiger partial charge < -0.3 is 20.4 Å². The van der Waals surface area contributed by atoms with E-state index in [9.17, 15) is 19.8 Å². The minimum atomic E-state index is -0.233. The molecule has 2 aliphatic heterocycles. The van der Waals surface area contributed by atoms with Gasteiger partial charge in [0.25, 0.3) is 5.91 Å². The van der Waals surface area contributed by atoms with E-state index in [0.29, 0.717) is 19.5 Å². The number of benzene rings is 1. The summed E-state index contributed by atoms with van der Waals surface area (Å²) in [5, 5.41) is 22.1. The van der Waals surface area contributed by atoms with Crippen LogP contribution in [0.1, 0.15) is 29.6 Å². The first-order valence-electron chi connectivity index (χ1n) is 7.15. The number of likely N-dealkylation sites (tertiary alicyclic amines) is 1. The summed E-state index contributed by atoms with van der Waals surface area (Å²) in [5.41, 5.74) is 0.200. The molecule has 2 unspecified atom stereocenters. The minimum Gasteiger partial charge on any atom is -0.508 e. The van der Waals surface area contributed by atoms with Gasteiger partial charge in [-0.1, -0.05) is 0 Å². The largest absolute Gasteiger partial charge is 0.508 e. The number of piperidine rings is 2. The van der Waals surface area contributed by atoms with E-state index in [-0.39, 0.29) is 40.8 Å². The molecule has 112 valence electrons. The maximum atomic E-state index is 12.5. The monoisotopic (exact) mass is 290 g/mol. The molecule has 0 saturated carbocycles. The van der Waals surface area contributed by atoms with Crippen molar-refractivity contribution in [3.63, 3.8) is 0 Å². The van der Waals surface area contributed by atoms with Crippen LogP contribution in [-0.4, -0.2) is 46.1 Å². The highest BCUT2D eigenvalue weighted by atomic mass is 16.3. The van der Waals surface area contributed by atoms with Gasteiger partial charge in [0, 0.05) is 31.6 Å². The summed E-state index contributed by atoms with van der Waals surface area (Å²) in [4.78, 5) is 25.6. The van der Waals surface area contributed by atoms with Gasteiger partial charge in [-0.05, 0) is 30.9 Å². The number of carbonyl (C=O) groups excluding carboxylic acids is 2. The number of phenols is 2. The van der Waals surface area contributed by atoms with Gasteiger partial charge in [0.1, 0.15) is 11.5 Å². The fraction of sp³-hybridized carbons (Fsp3) is 0.467. The van der Waals surface area contributed by atoms with Crippen LogP contribution in [0, 0.1) is 5.92 Å². The van der Waals surface area contributed by atoms with Crippen molar-refractivity contribution in [3.8, 4) is 11.5 Å². The van der Waals surface area contributed by atoms with E-state index in [2.05, 4.69) is 5.32 Å². The van der Waals surface area contributed by atoms with E-state index in [0.717, 1.165) is 12.8 Å². The second kappa shape index (κ2) is 5.27. The number of hydrogen-bond donors (Lipinski definition) is 3. The summed E-state index contributed by atoms with van der Waals surface area (Å²) < 4.78 is 0. The molecule has 3 rings (SSSR count). The fourth-order valence-electron chi connectivity index (χ4n) is 3.17. The molecule has 0 radical (unpaired) electrons. The van der Waals surface area contributed by atoms with E-state index in [1.807, 2.05) is 0 Å². The average Bonchev–Trinajstić information content (AvgIpc) is 2.46. The molecule has 2 heterocycles. The summed E-state index contributed by atoms with van der Waals surface area (Å²) in [5.74, 6) is -0.147. The SMILES string of the molecule is O=C1CCC2CN(C(=O)c3ccc(O)cc3O)CCC2N1. The lowest BCUT2D eigenvalue weighted by Gasteiger charge is -2.41. The number of fused-ring (bicyclic) bond motifs is 1. The van der Waals surface area contributed by atoms with Gasteiger partial charge in [-0.3, -0.25) is 9.59 Å². The van der Waals surface area contributed by atoms with Crippen molar-refractivity contribution < 1.29 is 19.8 Å². The molecule has 2 atom stereocenters. The highest BCUT2D eigenvalue weighted by Gasteiger charge is 2.35. The molecule has 6 nitrogen and oxygen atoms in total. The lowest BCUT2D eigenvalue weighted by molar-refractivity contribution is -0.125. The Hall–Kier alpha value is -2.24. The second-order valence-corrected chi connectivity index (χ2v) is 5.71. The van der Waals surface area contributed by atoms with Crippen molar-refractivity contribution in [1.29, 1.82) is 0 Å². The van der Waals surface area contributed by atoms with Crippen LogP contribution in [0.25, 0.3) is 0 Å². The molecule has 0 spiro atoms. The van der Waals surface area contributed by atoms with Gasteiger partial charge in [-0.25, -0.2) is 0 Å². The van der Waals surface area contributed by atoms with E-state index >= 15 is 0 Å². The number of carbonyl (C=O) groups is 2. The lowest BCUT2D eigenvalue weighted by Crippen LogP contribution is -2.55. The van der Waals surface area contributed by atoms with Crippen LogP contribution in [0.2, 0.25) is 0 Å². The van der Waals surface area contributed by atoms with Crippen molar-refractivity contribution in [2.75, 3.05) is 13.1 Å². The average molecular weight is 290 g/mol. The highest BCUT2D eigenvalue weighted by Crippen LogP contribution is 2.29. The van der Waals surface area contributed by atoms with Crippen LogP contribution in [-0.2, 0) is 4.79 Å². The van der Waals surface area contributed by atoms with Crippen LogP contribution in [0.3, 0.4) is 0 Å². The molecule has 2 saturated heterocycles. The number of rotatable bonds is 1. The fourth-order valence-corrected chi connectivity index (χ4v) is 3.17. The third kappa shape index (κ3) is 2.66. The molecule has 1 aromatic rings. The Kier molecular flexibility index (Phi) is 3.45. The van der Waals surface area contributed by atoms with Crippen LogP contribution in [0.15, 0.2) is 18.2 Å². The Labute approximate surface area is 122 Å². The molecule has 21 heavy (non-hydrogen) atoms. The van der Waals surface area contributed by atoms with Gasteiger partial charge in [-0.15, -0.1) is 0 Å². The molecule has 2 fully saturated rings. The van der Waals surface area contributed by atoms with Crippen LogP contribution in [0.4, 0.5) is 0 Å². The molecular formula is C15H18N2O4. The number of nitrogens with one attached hydrogen (secondary N) is 1. The van der Waals surface area contributed by atoms with Crippen molar-refractivity contribution in [2.45, 2.75) is 25.3 Å². The van der Waals surface area contributed by atoms with Gasteiger partial charge >= 0.3 is 0 Å². The molecule has 2 aliphatic rings. The molecule has 0 bridgehead atoms. The van der Waals surface area contributed by atoms with E-state index in [1.165, 1.54) is 18.2 Å². The molecule has 0 aromatic heterocycles. The Morgan fingerprint density at radius 1 is 1.29 bits per heavy atom. The smallest absolute Gasteiger partial charge is 0.257 e. The molecule has 6 heteroatoms. The molecule has 3 N–H and O–H groups in total. The third-order valence-electron chi connectivity index (χ3n) is 4.32. The van der Waals surface area contributed by atoms with E-state index < -0.39 is 0 Å². The zero-order valence-corrected chi connectivity index (χ0v) is 11.6. The van der Waals surface area contributed by atoms with E-state index in [1.54, 1.807) is 4.90 Å². The van der Waals surface area contributed by atoms with Crippen LogP contribution < -0.4 is 5.32 Å². The summed E-state index contributed by atoms with van der Waals surface area (Å²) in [6.45, 7) is 1.14. The van der Waals surface area contributed by atoms with Gasteiger partial charge in [0.05, 0.1) is 5.56 Å². The van der Waals surface area contributed by atoms with Gasteiger partial charge in [0.15, 0.2) is 0 Å².